The lowest BCUT2D eigenvalue weighted by Crippen LogP contribution is -2.30. The predicted octanol–water partition coefficient (Wildman–Crippen LogP) is 5.51. The van der Waals surface area contributed by atoms with Crippen LogP contribution in [-0.2, 0) is 6.42 Å². The van der Waals surface area contributed by atoms with Crippen LogP contribution in [0.3, 0.4) is 0 Å². The molecular weight excluding hydrogens is 358 g/mol. The molecule has 3 nitrogen and oxygen atoms in total. The standard InChI is InChI=1S/C23H18ClNO2/c24-19-8-4-3-7-16(19)22-18-11-13-5-1-2-6-15(13)21(18)17-12-14(23(26)27)9-10-20(17)25-22/h1-10,12,18,21-22,25H,11H2,(H,26,27)/t18-,21-,22+/m0/s1. The third kappa shape index (κ3) is 2.54. The van der Waals surface area contributed by atoms with Crippen LogP contribution in [0.25, 0.3) is 0 Å². The predicted molar refractivity (Wildman–Crippen MR) is 107 cm³/mol. The molecule has 5 rings (SSSR count). The third-order valence-electron chi connectivity index (χ3n) is 5.89. The smallest absolute Gasteiger partial charge is 0.335 e. The molecule has 2 N–H and O–H groups in total. The number of rotatable bonds is 2. The van der Waals surface area contributed by atoms with Crippen molar-refractivity contribution in [3.05, 3.63) is 99.6 Å². The van der Waals surface area contributed by atoms with Gasteiger partial charge in [-0.05, 0) is 58.9 Å². The molecule has 0 amide bonds. The number of carbonyl (C=O) groups is 1. The van der Waals surface area contributed by atoms with E-state index in [0.717, 1.165) is 28.3 Å². The fourth-order valence-corrected chi connectivity index (χ4v) is 4.98. The average molecular weight is 376 g/mol. The molecule has 1 heterocycles. The number of benzene rings is 3. The Morgan fingerprint density at radius 3 is 2.48 bits per heavy atom. The van der Waals surface area contributed by atoms with Gasteiger partial charge >= 0.3 is 5.97 Å². The average Bonchev–Trinajstić information content (AvgIpc) is 3.07. The normalized spacial score (nSPS) is 22.3. The molecule has 0 fully saturated rings. The number of anilines is 1. The van der Waals surface area contributed by atoms with Crippen molar-refractivity contribution in [3.63, 3.8) is 0 Å². The molecule has 0 spiro atoms. The van der Waals surface area contributed by atoms with Crippen molar-refractivity contribution in [1.29, 1.82) is 0 Å². The lowest BCUT2D eigenvalue weighted by Gasteiger charge is -2.38. The monoisotopic (exact) mass is 375 g/mol. The van der Waals surface area contributed by atoms with E-state index in [1.165, 1.54) is 11.1 Å². The largest absolute Gasteiger partial charge is 0.478 e. The minimum atomic E-state index is -0.895. The number of carboxylic acids is 1. The van der Waals surface area contributed by atoms with Crippen LogP contribution in [0.1, 0.15) is 44.6 Å². The maximum absolute atomic E-state index is 11.5. The van der Waals surface area contributed by atoms with Crippen molar-refractivity contribution in [1.82, 2.24) is 0 Å². The molecule has 1 aliphatic carbocycles. The minimum absolute atomic E-state index is 0.0827. The van der Waals surface area contributed by atoms with Gasteiger partial charge in [-0.15, -0.1) is 0 Å². The molecule has 3 aromatic carbocycles. The SMILES string of the molecule is O=C(O)c1ccc2c(c1)[C@@H]1c3ccccc3C[C@@H]1[C@@H](c1ccccc1Cl)N2. The van der Waals surface area contributed by atoms with E-state index < -0.39 is 5.97 Å². The molecule has 2 aliphatic rings. The summed E-state index contributed by atoms with van der Waals surface area (Å²) in [5.41, 5.74) is 6.10. The minimum Gasteiger partial charge on any atom is -0.478 e. The molecule has 0 radical (unpaired) electrons. The number of carboxylic acid groups (broad SMARTS) is 1. The topological polar surface area (TPSA) is 49.3 Å². The van der Waals surface area contributed by atoms with Crippen LogP contribution < -0.4 is 5.32 Å². The van der Waals surface area contributed by atoms with Gasteiger partial charge in [-0.25, -0.2) is 4.79 Å². The van der Waals surface area contributed by atoms with Gasteiger partial charge in [0.2, 0.25) is 0 Å². The molecule has 0 saturated carbocycles. The zero-order chi connectivity index (χ0) is 18.5. The summed E-state index contributed by atoms with van der Waals surface area (Å²) in [5, 5.41) is 13.9. The van der Waals surface area contributed by atoms with Gasteiger partial charge in [-0.1, -0.05) is 54.1 Å². The molecule has 3 aromatic rings. The Balaban J connectivity index is 1.71. The highest BCUT2D eigenvalue weighted by Gasteiger charge is 2.43. The Kier molecular flexibility index (Phi) is 3.73. The molecule has 27 heavy (non-hydrogen) atoms. The first-order valence-corrected chi connectivity index (χ1v) is 9.47. The third-order valence-corrected chi connectivity index (χ3v) is 6.23. The zero-order valence-electron chi connectivity index (χ0n) is 14.5. The Hall–Kier alpha value is -2.78. The molecule has 134 valence electrons. The van der Waals surface area contributed by atoms with Crippen molar-refractivity contribution in [2.24, 2.45) is 5.92 Å². The van der Waals surface area contributed by atoms with Gasteiger partial charge in [0.05, 0.1) is 11.6 Å². The first-order chi connectivity index (χ1) is 13.1. The van der Waals surface area contributed by atoms with Crippen LogP contribution in [0.15, 0.2) is 66.7 Å². The van der Waals surface area contributed by atoms with E-state index in [9.17, 15) is 9.90 Å². The van der Waals surface area contributed by atoms with Gasteiger partial charge in [0.15, 0.2) is 0 Å². The second-order valence-corrected chi connectivity index (χ2v) is 7.70. The number of hydrogen-bond acceptors (Lipinski definition) is 2. The summed E-state index contributed by atoms with van der Waals surface area (Å²) in [5.74, 6) is -0.439. The van der Waals surface area contributed by atoms with E-state index in [1.54, 1.807) is 6.07 Å². The summed E-state index contributed by atoms with van der Waals surface area (Å²) < 4.78 is 0. The quantitative estimate of drug-likeness (QED) is 0.621. The van der Waals surface area contributed by atoms with Crippen molar-refractivity contribution in [3.8, 4) is 0 Å². The number of halogens is 1. The first-order valence-electron chi connectivity index (χ1n) is 9.09. The molecular formula is C23H18ClNO2. The number of aromatic carboxylic acids is 1. The number of hydrogen-bond donors (Lipinski definition) is 2. The second kappa shape index (κ2) is 6.14. The van der Waals surface area contributed by atoms with Crippen LogP contribution in [-0.4, -0.2) is 11.1 Å². The molecule has 3 atom stereocenters. The summed E-state index contributed by atoms with van der Waals surface area (Å²) in [6.07, 6.45) is 0.945. The fraction of sp³-hybridized carbons (Fsp3) is 0.174. The van der Waals surface area contributed by atoms with Crippen LogP contribution >= 0.6 is 11.6 Å². The molecule has 1 aliphatic heterocycles. The van der Waals surface area contributed by atoms with E-state index in [2.05, 4.69) is 35.6 Å². The van der Waals surface area contributed by atoms with Crippen molar-refractivity contribution in [2.45, 2.75) is 18.4 Å². The summed E-state index contributed by atoms with van der Waals surface area (Å²) in [4.78, 5) is 11.5. The highest BCUT2D eigenvalue weighted by atomic mass is 35.5. The van der Waals surface area contributed by atoms with Crippen LogP contribution in [0.2, 0.25) is 5.02 Å². The van der Waals surface area contributed by atoms with E-state index in [0.29, 0.717) is 11.5 Å². The van der Waals surface area contributed by atoms with Crippen molar-refractivity contribution >= 4 is 23.3 Å². The maximum Gasteiger partial charge on any atom is 0.335 e. The van der Waals surface area contributed by atoms with Gasteiger partial charge in [0.1, 0.15) is 0 Å². The van der Waals surface area contributed by atoms with Crippen molar-refractivity contribution in [2.75, 3.05) is 5.32 Å². The Bertz CT molecular complexity index is 1060. The summed E-state index contributed by atoms with van der Waals surface area (Å²) in [7, 11) is 0. The van der Waals surface area contributed by atoms with Crippen LogP contribution in [0, 0.1) is 5.92 Å². The van der Waals surface area contributed by atoms with Crippen LogP contribution in [0.5, 0.6) is 0 Å². The number of nitrogens with one attached hydrogen (secondary N) is 1. The lowest BCUT2D eigenvalue weighted by molar-refractivity contribution is 0.0696. The second-order valence-electron chi connectivity index (χ2n) is 7.30. The van der Waals surface area contributed by atoms with Gasteiger partial charge in [0, 0.05) is 16.6 Å². The first kappa shape index (κ1) is 16.4. The molecule has 0 unspecified atom stereocenters. The molecule has 4 heteroatoms. The highest BCUT2D eigenvalue weighted by Crippen LogP contribution is 2.54. The molecule has 0 saturated heterocycles. The summed E-state index contributed by atoms with van der Waals surface area (Å²) in [6.45, 7) is 0. The fourth-order valence-electron chi connectivity index (χ4n) is 4.73. The maximum atomic E-state index is 11.5. The summed E-state index contributed by atoms with van der Waals surface area (Å²) in [6, 6.07) is 21.9. The van der Waals surface area contributed by atoms with Gasteiger partial charge in [-0.2, -0.15) is 0 Å². The molecule has 0 bridgehead atoms. The highest BCUT2D eigenvalue weighted by molar-refractivity contribution is 6.31. The van der Waals surface area contributed by atoms with Gasteiger partial charge in [0.25, 0.3) is 0 Å². The molecule has 0 aromatic heterocycles. The van der Waals surface area contributed by atoms with E-state index in [1.807, 2.05) is 30.3 Å². The Labute approximate surface area is 162 Å². The summed E-state index contributed by atoms with van der Waals surface area (Å²) >= 11 is 6.54. The van der Waals surface area contributed by atoms with Gasteiger partial charge < -0.3 is 10.4 Å². The van der Waals surface area contributed by atoms with E-state index >= 15 is 0 Å². The number of fused-ring (bicyclic) bond motifs is 5. The van der Waals surface area contributed by atoms with E-state index in [4.69, 9.17) is 11.6 Å². The lowest BCUT2D eigenvalue weighted by atomic mass is 9.75. The van der Waals surface area contributed by atoms with Crippen molar-refractivity contribution < 1.29 is 9.90 Å². The Morgan fingerprint density at radius 2 is 1.70 bits per heavy atom. The van der Waals surface area contributed by atoms with Gasteiger partial charge in [-0.3, -0.25) is 0 Å². The van der Waals surface area contributed by atoms with Crippen LogP contribution in [0.4, 0.5) is 5.69 Å². The zero-order valence-corrected chi connectivity index (χ0v) is 15.3. The Morgan fingerprint density at radius 1 is 0.963 bits per heavy atom. The van der Waals surface area contributed by atoms with E-state index in [-0.39, 0.29) is 12.0 Å².